The fourth-order valence-electron chi connectivity index (χ4n) is 8.16. The molecule has 0 aromatic heterocycles. The molecule has 2 heterocycles. The number of ketones is 1. The van der Waals surface area contributed by atoms with Gasteiger partial charge in [-0.1, -0.05) is 74.5 Å². The van der Waals surface area contributed by atoms with E-state index in [-0.39, 0.29) is 30.2 Å². The lowest BCUT2D eigenvalue weighted by Gasteiger charge is -2.33. The highest BCUT2D eigenvalue weighted by molar-refractivity contribution is 6.36. The van der Waals surface area contributed by atoms with Crippen molar-refractivity contribution in [3.8, 4) is 16.9 Å². The number of fused-ring (bicyclic) bond motifs is 5. The topological polar surface area (TPSA) is 176 Å². The summed E-state index contributed by atoms with van der Waals surface area (Å²) in [7, 11) is 1.50. The van der Waals surface area contributed by atoms with E-state index in [2.05, 4.69) is 16.2 Å². The minimum Gasteiger partial charge on any atom is -0.496 e. The van der Waals surface area contributed by atoms with Gasteiger partial charge in [-0.25, -0.2) is 19.9 Å². The number of hydrogen-bond acceptors (Lipinski definition) is 11. The van der Waals surface area contributed by atoms with Crippen molar-refractivity contribution < 1.29 is 43.3 Å². The number of amides is 3. The average Bonchev–Trinajstić information content (AvgIpc) is 3.81. The van der Waals surface area contributed by atoms with Crippen LogP contribution in [-0.4, -0.2) is 83.3 Å². The molecule has 4 N–H and O–H groups in total. The van der Waals surface area contributed by atoms with Gasteiger partial charge in [-0.2, -0.15) is 0 Å². The van der Waals surface area contributed by atoms with Crippen molar-refractivity contribution in [2.24, 2.45) is 5.92 Å². The van der Waals surface area contributed by atoms with Gasteiger partial charge in [-0.05, 0) is 110 Å². The number of aliphatic hydroxyl groups excluding tert-OH is 1. The van der Waals surface area contributed by atoms with E-state index in [9.17, 15) is 29.1 Å². The lowest BCUT2D eigenvalue weighted by atomic mass is 9.97. The Morgan fingerprint density at radius 2 is 1.52 bits per heavy atom. The largest absolute Gasteiger partial charge is 0.496 e. The van der Waals surface area contributed by atoms with E-state index < -0.39 is 65.5 Å². The third-order valence-electron chi connectivity index (χ3n) is 11.4. The number of aliphatic hydroxyl groups is 1. The summed E-state index contributed by atoms with van der Waals surface area (Å²) >= 11 is 0. The number of esters is 1. The fraction of sp³-hybridized carbons (Fsp3) is 0.354. The molecular weight excluding hydrogens is 791 g/mol. The Morgan fingerprint density at radius 3 is 2.11 bits per heavy atom. The number of carbonyl (C=O) groups is 5. The molecular formula is C48H53N5O9. The van der Waals surface area contributed by atoms with Crippen LogP contribution in [0.4, 0.5) is 16.2 Å². The molecule has 3 aliphatic rings. The summed E-state index contributed by atoms with van der Waals surface area (Å²) in [5.74, 6) is -2.89. The first-order chi connectivity index (χ1) is 29.5. The second-order valence-corrected chi connectivity index (χ2v) is 17.2. The number of hydrogen-bond donors (Lipinski definition) is 4. The van der Waals surface area contributed by atoms with Gasteiger partial charge in [0.1, 0.15) is 30.0 Å². The average molecular weight is 844 g/mol. The predicted octanol–water partition coefficient (Wildman–Crippen LogP) is 6.70. The highest BCUT2D eigenvalue weighted by Gasteiger charge is 2.46. The molecule has 0 fully saturated rings. The van der Waals surface area contributed by atoms with Gasteiger partial charge in [0.15, 0.2) is 6.23 Å². The van der Waals surface area contributed by atoms with E-state index >= 15 is 0 Å². The van der Waals surface area contributed by atoms with E-state index in [1.54, 1.807) is 78.9 Å². The minimum absolute atomic E-state index is 0.00908. The summed E-state index contributed by atoms with van der Waals surface area (Å²) in [6.45, 7) is 12.1. The van der Waals surface area contributed by atoms with E-state index in [1.807, 2.05) is 60.7 Å². The maximum Gasteiger partial charge on any atom is 0.417 e. The molecule has 324 valence electrons. The summed E-state index contributed by atoms with van der Waals surface area (Å²) < 4.78 is 16.8. The zero-order valence-electron chi connectivity index (χ0n) is 36.1. The molecule has 0 bridgehead atoms. The van der Waals surface area contributed by atoms with Crippen molar-refractivity contribution in [3.63, 3.8) is 0 Å². The van der Waals surface area contributed by atoms with Gasteiger partial charge in [0.2, 0.25) is 5.91 Å². The molecule has 62 heavy (non-hydrogen) atoms. The Hall–Kier alpha value is -6.51. The minimum atomic E-state index is -1.43. The number of anilines is 2. The number of methoxy groups -OCH3 is 1. The molecule has 1 unspecified atom stereocenters. The number of nitrogens with one attached hydrogen (secondary N) is 3. The van der Waals surface area contributed by atoms with Crippen molar-refractivity contribution in [2.75, 3.05) is 24.0 Å². The van der Waals surface area contributed by atoms with Crippen molar-refractivity contribution in [1.82, 2.24) is 15.6 Å². The van der Waals surface area contributed by atoms with Crippen LogP contribution in [0.25, 0.3) is 16.7 Å². The van der Waals surface area contributed by atoms with Crippen LogP contribution >= 0.6 is 0 Å². The molecule has 1 aliphatic carbocycles. The molecule has 7 rings (SSSR count). The number of aryl methyl sites for hydroxylation is 1. The molecule has 3 amide bonds. The zero-order chi connectivity index (χ0) is 44.6. The summed E-state index contributed by atoms with van der Waals surface area (Å²) in [4.78, 5) is 70.1. The second kappa shape index (κ2) is 17.5. The maximum atomic E-state index is 14.1. The first kappa shape index (κ1) is 43.6. The molecule has 4 aromatic rings. The summed E-state index contributed by atoms with van der Waals surface area (Å²) in [5, 5.41) is 14.5. The van der Waals surface area contributed by atoms with E-state index in [1.165, 1.54) is 12.0 Å². The molecule has 4 aromatic carbocycles. The fourth-order valence-corrected chi connectivity index (χ4v) is 8.16. The third-order valence-corrected chi connectivity index (χ3v) is 11.4. The highest BCUT2D eigenvalue weighted by Crippen LogP contribution is 2.45. The van der Waals surface area contributed by atoms with E-state index in [4.69, 9.17) is 14.2 Å². The maximum absolute atomic E-state index is 14.1. The monoisotopic (exact) mass is 843 g/mol. The Labute approximate surface area is 361 Å². The SMILES string of the molecule is COc1cc2c(cc1C)N(C(=O)OC(C)(C)C)[C@@H](O)[C@@H]1CC(c3ccc(NN[C@@H](C)C(=O)NC(C(=O)C(=O)OCC4c5ccccc5-c5ccccc54)C(C)C)cc3)=CN1C2=O. The summed E-state index contributed by atoms with van der Waals surface area (Å²) in [5.41, 5.74) is 12.5. The number of ether oxygens (including phenoxy) is 3. The van der Waals surface area contributed by atoms with Crippen LogP contribution in [0, 0.1) is 12.8 Å². The molecule has 0 radical (unpaired) electrons. The van der Waals surface area contributed by atoms with Crippen molar-refractivity contribution in [3.05, 3.63) is 119 Å². The van der Waals surface area contributed by atoms with E-state index in [0.717, 1.165) is 38.3 Å². The predicted molar refractivity (Wildman–Crippen MR) is 234 cm³/mol. The van der Waals surface area contributed by atoms with Crippen LogP contribution in [0.15, 0.2) is 91.1 Å². The smallest absolute Gasteiger partial charge is 0.417 e. The quantitative estimate of drug-likeness (QED) is 0.0679. The number of nitrogens with zero attached hydrogens (tertiary/aromatic N) is 2. The molecule has 0 saturated heterocycles. The van der Waals surface area contributed by atoms with Crippen LogP contribution in [0.3, 0.4) is 0 Å². The molecule has 4 atom stereocenters. The summed E-state index contributed by atoms with van der Waals surface area (Å²) in [6.07, 6.45) is -0.289. The van der Waals surface area contributed by atoms with Gasteiger partial charge in [0, 0.05) is 17.8 Å². The Kier molecular flexibility index (Phi) is 12.3. The number of rotatable bonds is 12. The van der Waals surface area contributed by atoms with Crippen LogP contribution in [0.1, 0.15) is 86.5 Å². The number of hydrazine groups is 1. The lowest BCUT2D eigenvalue weighted by Crippen LogP contribution is -2.53. The molecule has 0 saturated carbocycles. The molecule has 2 aliphatic heterocycles. The Bertz CT molecular complexity index is 2390. The first-order valence-electron chi connectivity index (χ1n) is 20.7. The standard InChI is InChI=1S/C48H53N5O9/c1-26(2)41(42(54)46(58)61-25-37-34-15-11-9-13-32(34)33-14-10-12-16-35(33)37)49-43(55)28(4)50-51-31-19-17-29(18-20-31)30-22-39-45(57)53(47(59)62-48(5,6)7)38-21-27(3)40(60-8)23-36(38)44(56)52(39)24-30/h9-21,23-24,26,28,37,39,41,45,50-51,57H,22,25H2,1-8H3,(H,49,55)/t28-,39-,41?,45-/m0/s1. The molecule has 14 nitrogen and oxygen atoms in total. The first-order valence-corrected chi connectivity index (χ1v) is 20.7. The van der Waals surface area contributed by atoms with Crippen LogP contribution in [0.2, 0.25) is 0 Å². The summed E-state index contributed by atoms with van der Waals surface area (Å²) in [6, 6.07) is 23.6. The number of benzene rings is 4. The molecule has 0 spiro atoms. The van der Waals surface area contributed by atoms with Crippen molar-refractivity contribution >= 4 is 46.6 Å². The molecule has 14 heteroatoms. The number of carbonyl (C=O) groups excluding carboxylic acids is 5. The second-order valence-electron chi connectivity index (χ2n) is 17.2. The number of Topliss-reactive ketones (excluding diaryl/α,β-unsaturated/α-hetero) is 1. The van der Waals surface area contributed by atoms with Gasteiger partial charge in [-0.15, -0.1) is 0 Å². The van der Waals surface area contributed by atoms with Crippen LogP contribution in [0.5, 0.6) is 5.75 Å². The van der Waals surface area contributed by atoms with Gasteiger partial charge >= 0.3 is 12.1 Å². The third kappa shape index (κ3) is 8.66. The zero-order valence-corrected chi connectivity index (χ0v) is 36.1. The Morgan fingerprint density at radius 1 is 0.887 bits per heavy atom. The van der Waals surface area contributed by atoms with Crippen molar-refractivity contribution in [2.45, 2.75) is 90.8 Å². The van der Waals surface area contributed by atoms with Gasteiger partial charge in [0.05, 0.1) is 24.4 Å². The normalized spacial score (nSPS) is 17.8. The van der Waals surface area contributed by atoms with Crippen molar-refractivity contribution in [1.29, 1.82) is 0 Å². The lowest BCUT2D eigenvalue weighted by molar-refractivity contribution is -0.155. The highest BCUT2D eigenvalue weighted by atomic mass is 16.6. The van der Waals surface area contributed by atoms with Crippen LogP contribution < -0.4 is 25.8 Å². The van der Waals surface area contributed by atoms with E-state index in [0.29, 0.717) is 17.0 Å². The van der Waals surface area contributed by atoms with Gasteiger partial charge < -0.3 is 35.0 Å². The Balaban J connectivity index is 0.972. The van der Waals surface area contributed by atoms with Gasteiger partial charge in [-0.3, -0.25) is 14.4 Å². The van der Waals surface area contributed by atoms with Crippen LogP contribution in [-0.2, 0) is 23.9 Å². The van der Waals surface area contributed by atoms with Gasteiger partial charge in [0.25, 0.3) is 11.7 Å².